The van der Waals surface area contributed by atoms with Crippen molar-refractivity contribution in [2.45, 2.75) is 25.4 Å². The molecule has 0 unspecified atom stereocenters. The Morgan fingerprint density at radius 1 is 1.29 bits per heavy atom. The van der Waals surface area contributed by atoms with Gasteiger partial charge in [-0.25, -0.2) is 4.39 Å². The lowest BCUT2D eigenvalue weighted by molar-refractivity contribution is 0.208. The van der Waals surface area contributed by atoms with E-state index >= 15 is 0 Å². The van der Waals surface area contributed by atoms with Gasteiger partial charge in [0.25, 0.3) is 0 Å². The zero-order valence-electron chi connectivity index (χ0n) is 12.0. The van der Waals surface area contributed by atoms with E-state index < -0.39 is 0 Å². The predicted octanol–water partition coefficient (Wildman–Crippen LogP) is 3.30. The number of hydrogen-bond donors (Lipinski definition) is 1. The summed E-state index contributed by atoms with van der Waals surface area (Å²) in [6.07, 6.45) is 6.00. The molecule has 0 bridgehead atoms. The van der Waals surface area contributed by atoms with Gasteiger partial charge in [0.15, 0.2) is 0 Å². The molecule has 0 saturated carbocycles. The lowest BCUT2D eigenvalue weighted by Gasteiger charge is -2.33. The first-order valence-electron chi connectivity index (χ1n) is 7.43. The van der Waals surface area contributed by atoms with Gasteiger partial charge in [-0.3, -0.25) is 9.88 Å². The van der Waals surface area contributed by atoms with Crippen LogP contribution in [0.2, 0.25) is 0 Å². The van der Waals surface area contributed by atoms with Crippen LogP contribution >= 0.6 is 0 Å². The average molecular weight is 285 g/mol. The molecule has 1 fully saturated rings. The zero-order valence-corrected chi connectivity index (χ0v) is 12.0. The van der Waals surface area contributed by atoms with Crippen molar-refractivity contribution < 1.29 is 4.39 Å². The standard InChI is InChI=1S/C17H20FN3/c18-15-5-1-6-16(10-15)20-17-7-3-9-21(13-17)12-14-4-2-8-19-11-14/h1-2,4-6,8,10-11,17,20H,3,7,9,12-13H2/t17-/m0/s1. The maximum atomic E-state index is 13.2. The van der Waals surface area contributed by atoms with Crippen LogP contribution in [0.15, 0.2) is 48.8 Å². The number of anilines is 1. The van der Waals surface area contributed by atoms with Crippen molar-refractivity contribution in [2.75, 3.05) is 18.4 Å². The molecule has 0 spiro atoms. The van der Waals surface area contributed by atoms with Crippen LogP contribution in [0.3, 0.4) is 0 Å². The van der Waals surface area contributed by atoms with Crippen molar-refractivity contribution in [1.29, 1.82) is 0 Å². The molecule has 0 aliphatic carbocycles. The molecule has 1 aliphatic heterocycles. The van der Waals surface area contributed by atoms with E-state index in [1.54, 1.807) is 18.3 Å². The number of pyridine rings is 1. The number of halogens is 1. The number of rotatable bonds is 4. The quantitative estimate of drug-likeness (QED) is 0.934. The molecule has 1 aromatic heterocycles. The molecular formula is C17H20FN3. The van der Waals surface area contributed by atoms with Crippen molar-refractivity contribution in [3.05, 3.63) is 60.2 Å². The molecule has 4 heteroatoms. The second kappa shape index (κ2) is 6.68. The van der Waals surface area contributed by atoms with E-state index in [-0.39, 0.29) is 5.82 Å². The van der Waals surface area contributed by atoms with Crippen LogP contribution in [0.25, 0.3) is 0 Å². The number of piperidine rings is 1. The van der Waals surface area contributed by atoms with Crippen LogP contribution in [-0.4, -0.2) is 29.0 Å². The molecule has 1 atom stereocenters. The number of aromatic nitrogens is 1. The first kappa shape index (κ1) is 14.0. The van der Waals surface area contributed by atoms with E-state index in [9.17, 15) is 4.39 Å². The first-order valence-corrected chi connectivity index (χ1v) is 7.43. The first-order chi connectivity index (χ1) is 10.3. The molecule has 0 radical (unpaired) electrons. The summed E-state index contributed by atoms with van der Waals surface area (Å²) in [5, 5.41) is 3.44. The maximum Gasteiger partial charge on any atom is 0.125 e. The largest absolute Gasteiger partial charge is 0.381 e. The van der Waals surface area contributed by atoms with Gasteiger partial charge in [0.1, 0.15) is 5.82 Å². The fraction of sp³-hybridized carbons (Fsp3) is 0.353. The average Bonchev–Trinajstić information content (AvgIpc) is 2.49. The molecule has 1 aromatic carbocycles. The lowest BCUT2D eigenvalue weighted by Crippen LogP contribution is -2.41. The molecule has 1 saturated heterocycles. The van der Waals surface area contributed by atoms with Gasteiger partial charge in [-0.2, -0.15) is 0 Å². The Balaban J connectivity index is 1.58. The number of benzene rings is 1. The Hall–Kier alpha value is -1.94. The van der Waals surface area contributed by atoms with Crippen LogP contribution in [0.1, 0.15) is 18.4 Å². The molecule has 1 aliphatic rings. The molecule has 21 heavy (non-hydrogen) atoms. The Morgan fingerprint density at radius 3 is 3.05 bits per heavy atom. The van der Waals surface area contributed by atoms with Crippen molar-refractivity contribution >= 4 is 5.69 Å². The Kier molecular flexibility index (Phi) is 4.46. The summed E-state index contributed by atoms with van der Waals surface area (Å²) in [5.41, 5.74) is 2.10. The minimum Gasteiger partial charge on any atom is -0.381 e. The third kappa shape index (κ3) is 4.02. The third-order valence-corrected chi connectivity index (χ3v) is 3.83. The predicted molar refractivity (Wildman–Crippen MR) is 82.6 cm³/mol. The molecule has 3 rings (SSSR count). The van der Waals surface area contributed by atoms with Gasteiger partial charge in [0.05, 0.1) is 0 Å². The molecule has 0 amide bonds. The third-order valence-electron chi connectivity index (χ3n) is 3.83. The van der Waals surface area contributed by atoms with Crippen molar-refractivity contribution in [3.8, 4) is 0 Å². The number of likely N-dealkylation sites (tertiary alicyclic amines) is 1. The van der Waals surface area contributed by atoms with Gasteiger partial charge in [0, 0.05) is 37.2 Å². The van der Waals surface area contributed by atoms with Crippen LogP contribution < -0.4 is 5.32 Å². The maximum absolute atomic E-state index is 13.2. The van der Waals surface area contributed by atoms with Gasteiger partial charge >= 0.3 is 0 Å². The molecule has 1 N–H and O–H groups in total. The topological polar surface area (TPSA) is 28.2 Å². The zero-order chi connectivity index (χ0) is 14.5. The van der Waals surface area contributed by atoms with Gasteiger partial charge < -0.3 is 5.32 Å². The summed E-state index contributed by atoms with van der Waals surface area (Å²) < 4.78 is 13.2. The lowest BCUT2D eigenvalue weighted by atomic mass is 10.0. The molecular weight excluding hydrogens is 265 g/mol. The summed E-state index contributed by atoms with van der Waals surface area (Å²) in [6, 6.07) is 11.1. The second-order valence-electron chi connectivity index (χ2n) is 5.59. The van der Waals surface area contributed by atoms with E-state index in [1.165, 1.54) is 11.6 Å². The minimum atomic E-state index is -0.192. The highest BCUT2D eigenvalue weighted by Gasteiger charge is 2.19. The highest BCUT2D eigenvalue weighted by Crippen LogP contribution is 2.18. The van der Waals surface area contributed by atoms with Crippen LogP contribution in [0.5, 0.6) is 0 Å². The van der Waals surface area contributed by atoms with E-state index in [2.05, 4.69) is 21.3 Å². The summed E-state index contributed by atoms with van der Waals surface area (Å²) in [4.78, 5) is 6.59. The SMILES string of the molecule is Fc1cccc(N[C@H]2CCCN(Cc3cccnc3)C2)c1. The Bertz CT molecular complexity index is 573. The van der Waals surface area contributed by atoms with Crippen LogP contribution in [0.4, 0.5) is 10.1 Å². The summed E-state index contributed by atoms with van der Waals surface area (Å²) >= 11 is 0. The number of nitrogens with one attached hydrogen (secondary N) is 1. The van der Waals surface area contributed by atoms with E-state index in [1.807, 2.05) is 18.3 Å². The van der Waals surface area contributed by atoms with Crippen molar-refractivity contribution in [1.82, 2.24) is 9.88 Å². The minimum absolute atomic E-state index is 0.192. The molecule has 3 nitrogen and oxygen atoms in total. The number of hydrogen-bond acceptors (Lipinski definition) is 3. The Labute approximate surface area is 124 Å². The smallest absolute Gasteiger partial charge is 0.125 e. The van der Waals surface area contributed by atoms with Gasteiger partial charge in [-0.05, 0) is 49.2 Å². The van der Waals surface area contributed by atoms with Gasteiger partial charge in [-0.15, -0.1) is 0 Å². The second-order valence-corrected chi connectivity index (χ2v) is 5.59. The molecule has 2 heterocycles. The van der Waals surface area contributed by atoms with E-state index in [0.29, 0.717) is 6.04 Å². The van der Waals surface area contributed by atoms with Crippen LogP contribution in [0, 0.1) is 5.82 Å². The fourth-order valence-corrected chi connectivity index (χ4v) is 2.88. The van der Waals surface area contributed by atoms with Crippen molar-refractivity contribution in [3.63, 3.8) is 0 Å². The molecule has 2 aromatic rings. The highest BCUT2D eigenvalue weighted by atomic mass is 19.1. The number of nitrogens with zero attached hydrogens (tertiary/aromatic N) is 2. The summed E-state index contributed by atoms with van der Waals surface area (Å²) in [6.45, 7) is 3.01. The molecule has 110 valence electrons. The van der Waals surface area contributed by atoms with Crippen molar-refractivity contribution in [2.24, 2.45) is 0 Å². The summed E-state index contributed by atoms with van der Waals surface area (Å²) in [5.74, 6) is -0.192. The normalized spacial score (nSPS) is 19.4. The highest BCUT2D eigenvalue weighted by molar-refractivity contribution is 5.44. The van der Waals surface area contributed by atoms with Gasteiger partial charge in [-0.1, -0.05) is 12.1 Å². The van der Waals surface area contributed by atoms with Crippen LogP contribution in [-0.2, 0) is 6.54 Å². The fourth-order valence-electron chi connectivity index (χ4n) is 2.88. The van der Waals surface area contributed by atoms with E-state index in [0.717, 1.165) is 38.2 Å². The van der Waals surface area contributed by atoms with E-state index in [4.69, 9.17) is 0 Å². The monoisotopic (exact) mass is 285 g/mol. The Morgan fingerprint density at radius 2 is 2.24 bits per heavy atom. The summed E-state index contributed by atoms with van der Waals surface area (Å²) in [7, 11) is 0. The van der Waals surface area contributed by atoms with Gasteiger partial charge in [0.2, 0.25) is 0 Å².